The second kappa shape index (κ2) is 6.43. The second-order valence-corrected chi connectivity index (χ2v) is 6.41. The van der Waals surface area contributed by atoms with E-state index in [1.165, 1.54) is 0 Å². The van der Waals surface area contributed by atoms with Crippen LogP contribution in [-0.4, -0.2) is 5.91 Å². The van der Waals surface area contributed by atoms with Crippen LogP contribution in [0, 0.1) is 5.82 Å². The van der Waals surface area contributed by atoms with Crippen molar-refractivity contribution in [2.45, 2.75) is 0 Å². The van der Waals surface area contributed by atoms with Crippen molar-refractivity contribution in [3.05, 3.63) is 60.7 Å². The molecule has 0 heterocycles. The molecule has 2 nitrogen and oxygen atoms in total. The van der Waals surface area contributed by atoms with E-state index in [0.717, 1.165) is 16.6 Å². The predicted molar refractivity (Wildman–Crippen MR) is 86.2 cm³/mol. The molecule has 0 spiro atoms. The molecule has 0 atom stereocenters. The van der Waals surface area contributed by atoms with Crippen molar-refractivity contribution < 1.29 is 9.18 Å². The summed E-state index contributed by atoms with van der Waals surface area (Å²) in [7, 11) is 0. The number of anilines is 1. The van der Waals surface area contributed by atoms with E-state index in [1.807, 2.05) is 0 Å². The maximum Gasteiger partial charge on any atom is 0.256 e. The molecule has 0 aliphatic rings. The maximum absolute atomic E-state index is 13.1. The van der Waals surface area contributed by atoms with Gasteiger partial charge in [0.2, 0.25) is 0 Å². The quantitative estimate of drug-likeness (QED) is 0.616. The molecule has 0 saturated heterocycles. The van der Waals surface area contributed by atoms with E-state index < -0.39 is 11.7 Å². The molecule has 2 aromatic rings. The Labute approximate surface area is 141 Å². The van der Waals surface area contributed by atoms with Gasteiger partial charge in [-0.25, -0.2) is 4.39 Å². The molecule has 0 aliphatic heterocycles. The van der Waals surface area contributed by atoms with Crippen LogP contribution in [0.2, 0.25) is 10.0 Å². The van der Waals surface area contributed by atoms with Crippen LogP contribution in [-0.2, 0) is 0 Å². The Kier molecular flexibility index (Phi) is 5.07. The Balaban J connectivity index is 2.33. The number of nitrogens with one attached hydrogen (secondary N) is 1. The van der Waals surface area contributed by atoms with Gasteiger partial charge in [-0.1, -0.05) is 39.1 Å². The van der Waals surface area contributed by atoms with Gasteiger partial charge in [-0.05, 0) is 46.3 Å². The number of carbonyl (C=O) groups excluding carboxylic acids is 1. The Hall–Kier alpha value is -0.620. The highest BCUT2D eigenvalue weighted by Gasteiger charge is 2.15. The van der Waals surface area contributed by atoms with E-state index in [0.29, 0.717) is 10.0 Å². The molecule has 0 radical (unpaired) electrons. The molecule has 0 aliphatic carbocycles. The average molecular weight is 442 g/mol. The molecule has 0 fully saturated rings. The third-order valence-corrected chi connectivity index (χ3v) is 4.17. The highest BCUT2D eigenvalue weighted by Crippen LogP contribution is 2.32. The van der Waals surface area contributed by atoms with Crippen LogP contribution >= 0.6 is 55.1 Å². The van der Waals surface area contributed by atoms with E-state index in [9.17, 15) is 9.18 Å². The first-order valence-electron chi connectivity index (χ1n) is 5.29. The number of amides is 1. The van der Waals surface area contributed by atoms with Gasteiger partial charge in [0, 0.05) is 8.95 Å². The lowest BCUT2D eigenvalue weighted by Gasteiger charge is -2.10. The normalized spacial score (nSPS) is 10.4. The summed E-state index contributed by atoms with van der Waals surface area (Å²) in [6, 6.07) is 7.27. The van der Waals surface area contributed by atoms with Gasteiger partial charge in [-0.2, -0.15) is 0 Å². The van der Waals surface area contributed by atoms with Crippen molar-refractivity contribution in [3.8, 4) is 0 Å². The van der Waals surface area contributed by atoms with Crippen molar-refractivity contribution in [1.82, 2.24) is 0 Å². The van der Waals surface area contributed by atoms with Gasteiger partial charge in [0.25, 0.3) is 5.91 Å². The molecule has 2 aromatic carbocycles. The van der Waals surface area contributed by atoms with Crippen LogP contribution < -0.4 is 5.32 Å². The molecule has 1 amide bonds. The van der Waals surface area contributed by atoms with E-state index in [2.05, 4.69) is 37.2 Å². The fourth-order valence-corrected chi connectivity index (χ4v) is 3.30. The average Bonchev–Trinajstić information content (AvgIpc) is 2.33. The van der Waals surface area contributed by atoms with Crippen molar-refractivity contribution in [2.24, 2.45) is 0 Å². The van der Waals surface area contributed by atoms with Crippen LogP contribution in [0.5, 0.6) is 0 Å². The number of benzene rings is 2. The summed E-state index contributed by atoms with van der Waals surface area (Å²) in [5.74, 6) is -0.970. The number of hydrogen-bond donors (Lipinski definition) is 1. The van der Waals surface area contributed by atoms with Gasteiger partial charge >= 0.3 is 0 Å². The predicted octanol–water partition coefficient (Wildman–Crippen LogP) is 5.91. The van der Waals surface area contributed by atoms with Gasteiger partial charge in [0.05, 0.1) is 21.3 Å². The van der Waals surface area contributed by atoms with Gasteiger partial charge in [-0.3, -0.25) is 4.79 Å². The molecule has 2 rings (SSSR count). The van der Waals surface area contributed by atoms with Crippen molar-refractivity contribution >= 4 is 66.7 Å². The van der Waals surface area contributed by atoms with E-state index >= 15 is 0 Å². The van der Waals surface area contributed by atoms with Crippen LogP contribution in [0.3, 0.4) is 0 Å². The van der Waals surface area contributed by atoms with E-state index in [-0.39, 0.29) is 15.7 Å². The third kappa shape index (κ3) is 3.52. The smallest absolute Gasteiger partial charge is 0.256 e. The van der Waals surface area contributed by atoms with Gasteiger partial charge in [0.1, 0.15) is 5.82 Å². The van der Waals surface area contributed by atoms with Crippen LogP contribution in [0.25, 0.3) is 0 Å². The molecule has 7 heteroatoms. The van der Waals surface area contributed by atoms with Crippen LogP contribution in [0.4, 0.5) is 10.1 Å². The Morgan fingerprint density at radius 1 is 1.10 bits per heavy atom. The lowest BCUT2D eigenvalue weighted by atomic mass is 10.2. The number of rotatable bonds is 2. The van der Waals surface area contributed by atoms with Crippen molar-refractivity contribution in [2.75, 3.05) is 5.32 Å². The monoisotopic (exact) mass is 439 g/mol. The molecule has 1 N–H and O–H groups in total. The third-order valence-electron chi connectivity index (χ3n) is 2.42. The van der Waals surface area contributed by atoms with E-state index in [4.69, 9.17) is 23.2 Å². The Bertz CT molecular complexity index is 671. The Morgan fingerprint density at radius 2 is 1.70 bits per heavy atom. The van der Waals surface area contributed by atoms with Crippen LogP contribution in [0.15, 0.2) is 39.3 Å². The summed E-state index contributed by atoms with van der Waals surface area (Å²) >= 11 is 18.3. The topological polar surface area (TPSA) is 29.1 Å². The molecule has 0 aromatic heterocycles. The number of hydrogen-bond acceptors (Lipinski definition) is 1. The lowest BCUT2D eigenvalue weighted by Crippen LogP contribution is -2.13. The number of carbonyl (C=O) groups is 1. The second-order valence-electron chi connectivity index (χ2n) is 3.82. The minimum Gasteiger partial charge on any atom is -0.319 e. The van der Waals surface area contributed by atoms with Gasteiger partial charge in [-0.15, -0.1) is 0 Å². The largest absolute Gasteiger partial charge is 0.319 e. The summed E-state index contributed by atoms with van der Waals surface area (Å²) in [6.45, 7) is 0. The molecule has 104 valence electrons. The van der Waals surface area contributed by atoms with Gasteiger partial charge < -0.3 is 5.32 Å². The zero-order chi connectivity index (χ0) is 14.9. The minimum atomic E-state index is -0.567. The zero-order valence-corrected chi connectivity index (χ0v) is 14.4. The SMILES string of the molecule is O=C(Nc1c(Cl)cc(F)cc1Cl)c1ccc(Br)cc1Br. The Morgan fingerprint density at radius 3 is 2.25 bits per heavy atom. The minimum absolute atomic E-state index is 0.0385. The molecule has 0 bridgehead atoms. The highest BCUT2D eigenvalue weighted by molar-refractivity contribution is 9.11. The first-order valence-corrected chi connectivity index (χ1v) is 7.63. The molecular weight excluding hydrogens is 436 g/mol. The lowest BCUT2D eigenvalue weighted by molar-refractivity contribution is 0.102. The molecule has 0 saturated carbocycles. The summed E-state index contributed by atoms with van der Waals surface area (Å²) in [4.78, 5) is 12.2. The van der Waals surface area contributed by atoms with Crippen molar-refractivity contribution in [3.63, 3.8) is 0 Å². The highest BCUT2D eigenvalue weighted by atomic mass is 79.9. The molecular formula is C13H6Br2Cl2FNO. The van der Waals surface area contributed by atoms with Gasteiger partial charge in [0.15, 0.2) is 0 Å². The maximum atomic E-state index is 13.1. The van der Waals surface area contributed by atoms with E-state index in [1.54, 1.807) is 18.2 Å². The molecule has 20 heavy (non-hydrogen) atoms. The summed E-state index contributed by atoms with van der Waals surface area (Å²) in [6.07, 6.45) is 0. The standard InChI is InChI=1S/C13H6Br2Cl2FNO/c14-6-1-2-8(9(15)3-6)13(20)19-12-10(16)4-7(18)5-11(12)17/h1-5H,(H,19,20). The first kappa shape index (κ1) is 15.8. The van der Waals surface area contributed by atoms with Crippen LogP contribution in [0.1, 0.15) is 10.4 Å². The fourth-order valence-electron chi connectivity index (χ4n) is 1.52. The summed E-state index contributed by atoms with van der Waals surface area (Å²) in [5.41, 5.74) is 0.583. The van der Waals surface area contributed by atoms with Crippen molar-refractivity contribution in [1.29, 1.82) is 0 Å². The zero-order valence-electron chi connectivity index (χ0n) is 9.68. The summed E-state index contributed by atoms with van der Waals surface area (Å²) < 4.78 is 14.5. The summed E-state index contributed by atoms with van der Waals surface area (Å²) in [5, 5.41) is 2.64. The fraction of sp³-hybridized carbons (Fsp3) is 0. The molecule has 0 unspecified atom stereocenters. The first-order chi connectivity index (χ1) is 9.38. The number of halogens is 5.